The number of rotatable bonds is 3. The van der Waals surface area contributed by atoms with E-state index in [0.717, 1.165) is 12.8 Å². The van der Waals surface area contributed by atoms with E-state index in [9.17, 15) is 14.0 Å². The monoisotopic (exact) mass is 280 g/mol. The highest BCUT2D eigenvalue weighted by molar-refractivity contribution is 5.96. The molecule has 1 aliphatic heterocycles. The summed E-state index contributed by atoms with van der Waals surface area (Å²) in [5.41, 5.74) is -0.108. The number of likely N-dealkylation sites (tertiary alicyclic amines) is 1. The topological polar surface area (TPSA) is 59.5 Å². The first-order valence-corrected chi connectivity index (χ1v) is 6.73. The minimum absolute atomic E-state index is 0.108. The maximum atomic E-state index is 13.6. The number of ether oxygens (including phenoxy) is 1. The Hall–Kier alpha value is -1.98. The minimum Gasteiger partial charge on any atom is -0.464 e. The van der Waals surface area contributed by atoms with Gasteiger partial charge in [-0.15, -0.1) is 0 Å². The molecular formula is C14H17FN2O3. The van der Waals surface area contributed by atoms with Crippen molar-refractivity contribution in [1.29, 1.82) is 0 Å². The molecule has 0 saturated carbocycles. The number of nitrogens with zero attached hydrogens (tertiary/aromatic N) is 2. The van der Waals surface area contributed by atoms with E-state index in [-0.39, 0.29) is 12.2 Å². The summed E-state index contributed by atoms with van der Waals surface area (Å²) < 4.78 is 18.6. The summed E-state index contributed by atoms with van der Waals surface area (Å²) in [5.74, 6) is -1.75. The summed E-state index contributed by atoms with van der Waals surface area (Å²) in [4.78, 5) is 29.1. The third-order valence-electron chi connectivity index (χ3n) is 3.31. The molecule has 1 aromatic heterocycles. The first-order valence-electron chi connectivity index (χ1n) is 6.73. The zero-order chi connectivity index (χ0) is 14.5. The van der Waals surface area contributed by atoms with E-state index in [1.165, 1.54) is 23.2 Å². The maximum Gasteiger partial charge on any atom is 0.328 e. The Morgan fingerprint density at radius 3 is 3.00 bits per heavy atom. The number of esters is 1. The fourth-order valence-corrected chi connectivity index (χ4v) is 2.36. The standard InChI is InChI=1S/C14H17FN2O3/c1-2-20-14(19)11-7-3-4-9-17(11)13(18)10-6-5-8-16-12(10)15/h5-6,8,11H,2-4,7,9H2,1H3. The summed E-state index contributed by atoms with van der Waals surface area (Å²) in [7, 11) is 0. The molecule has 5 nitrogen and oxygen atoms in total. The average molecular weight is 280 g/mol. The lowest BCUT2D eigenvalue weighted by Gasteiger charge is -2.34. The quantitative estimate of drug-likeness (QED) is 0.625. The Kier molecular flexibility index (Phi) is 4.65. The normalized spacial score (nSPS) is 18.7. The molecule has 1 aliphatic rings. The molecule has 1 unspecified atom stereocenters. The fourth-order valence-electron chi connectivity index (χ4n) is 2.36. The van der Waals surface area contributed by atoms with Gasteiger partial charge in [0, 0.05) is 12.7 Å². The number of halogens is 1. The number of aromatic nitrogens is 1. The lowest BCUT2D eigenvalue weighted by atomic mass is 10.0. The van der Waals surface area contributed by atoms with Gasteiger partial charge in [0.05, 0.1) is 12.2 Å². The van der Waals surface area contributed by atoms with Gasteiger partial charge in [-0.25, -0.2) is 9.78 Å². The summed E-state index contributed by atoms with van der Waals surface area (Å²) in [6, 6.07) is 2.25. The maximum absolute atomic E-state index is 13.6. The molecule has 1 fully saturated rings. The zero-order valence-electron chi connectivity index (χ0n) is 11.3. The lowest BCUT2D eigenvalue weighted by Crippen LogP contribution is -2.48. The molecule has 6 heteroatoms. The van der Waals surface area contributed by atoms with Crippen molar-refractivity contribution in [2.24, 2.45) is 0 Å². The number of hydrogen-bond acceptors (Lipinski definition) is 4. The van der Waals surface area contributed by atoms with E-state index in [2.05, 4.69) is 4.98 Å². The van der Waals surface area contributed by atoms with E-state index >= 15 is 0 Å². The highest BCUT2D eigenvalue weighted by Gasteiger charge is 2.34. The van der Waals surface area contributed by atoms with Crippen LogP contribution in [0.1, 0.15) is 36.5 Å². The SMILES string of the molecule is CCOC(=O)C1CCCCN1C(=O)c1cccnc1F. The van der Waals surface area contributed by atoms with E-state index in [4.69, 9.17) is 4.74 Å². The molecule has 1 amide bonds. The Balaban J connectivity index is 2.22. The molecule has 0 radical (unpaired) electrons. The second kappa shape index (κ2) is 6.45. The number of amides is 1. The Morgan fingerprint density at radius 1 is 1.50 bits per heavy atom. The van der Waals surface area contributed by atoms with Crippen molar-refractivity contribution in [3.8, 4) is 0 Å². The molecule has 2 heterocycles. The highest BCUT2D eigenvalue weighted by atomic mass is 19.1. The molecule has 0 bridgehead atoms. The van der Waals surface area contributed by atoms with Crippen LogP contribution in [0.4, 0.5) is 4.39 Å². The average Bonchev–Trinajstić information content (AvgIpc) is 2.47. The Bertz CT molecular complexity index is 507. The van der Waals surface area contributed by atoms with Crippen LogP contribution in [0.15, 0.2) is 18.3 Å². The summed E-state index contributed by atoms with van der Waals surface area (Å²) in [6.45, 7) is 2.41. The van der Waals surface area contributed by atoms with Crippen molar-refractivity contribution < 1.29 is 18.7 Å². The molecule has 0 aliphatic carbocycles. The van der Waals surface area contributed by atoms with Gasteiger partial charge in [0.1, 0.15) is 6.04 Å². The van der Waals surface area contributed by atoms with Crippen LogP contribution in [-0.2, 0) is 9.53 Å². The van der Waals surface area contributed by atoms with Crippen LogP contribution in [0.3, 0.4) is 0 Å². The number of pyridine rings is 1. The van der Waals surface area contributed by atoms with Crippen LogP contribution in [0, 0.1) is 5.95 Å². The molecule has 1 atom stereocenters. The molecule has 20 heavy (non-hydrogen) atoms. The van der Waals surface area contributed by atoms with Gasteiger partial charge in [0.15, 0.2) is 0 Å². The summed E-state index contributed by atoms with van der Waals surface area (Å²) in [5, 5.41) is 0. The van der Waals surface area contributed by atoms with Gasteiger partial charge >= 0.3 is 5.97 Å². The van der Waals surface area contributed by atoms with Gasteiger partial charge < -0.3 is 9.64 Å². The van der Waals surface area contributed by atoms with Gasteiger partial charge in [0.25, 0.3) is 5.91 Å². The predicted molar refractivity (Wildman–Crippen MR) is 69.5 cm³/mol. The van der Waals surface area contributed by atoms with Gasteiger partial charge in [-0.05, 0) is 38.3 Å². The number of hydrogen-bond donors (Lipinski definition) is 0. The molecule has 2 rings (SSSR count). The molecule has 0 aromatic carbocycles. The lowest BCUT2D eigenvalue weighted by molar-refractivity contribution is -0.149. The van der Waals surface area contributed by atoms with Crippen molar-refractivity contribution in [3.63, 3.8) is 0 Å². The van der Waals surface area contributed by atoms with Crippen molar-refractivity contribution in [2.75, 3.05) is 13.2 Å². The highest BCUT2D eigenvalue weighted by Crippen LogP contribution is 2.21. The smallest absolute Gasteiger partial charge is 0.328 e. The van der Waals surface area contributed by atoms with Crippen LogP contribution >= 0.6 is 0 Å². The van der Waals surface area contributed by atoms with Gasteiger partial charge in [-0.2, -0.15) is 4.39 Å². The van der Waals surface area contributed by atoms with Crippen molar-refractivity contribution in [3.05, 3.63) is 29.8 Å². The van der Waals surface area contributed by atoms with E-state index in [1.807, 2.05) is 0 Å². The second-order valence-electron chi connectivity index (χ2n) is 4.60. The largest absolute Gasteiger partial charge is 0.464 e. The van der Waals surface area contributed by atoms with Crippen LogP contribution < -0.4 is 0 Å². The summed E-state index contributed by atoms with van der Waals surface area (Å²) in [6.07, 6.45) is 3.48. The molecule has 1 saturated heterocycles. The number of piperidine rings is 1. The van der Waals surface area contributed by atoms with Gasteiger partial charge in [0.2, 0.25) is 5.95 Å². The van der Waals surface area contributed by atoms with Crippen molar-refractivity contribution in [1.82, 2.24) is 9.88 Å². The predicted octanol–water partition coefficient (Wildman–Crippen LogP) is 1.78. The van der Waals surface area contributed by atoms with Crippen LogP contribution in [0.2, 0.25) is 0 Å². The van der Waals surface area contributed by atoms with Crippen LogP contribution in [0.25, 0.3) is 0 Å². The summed E-state index contributed by atoms with van der Waals surface area (Å²) >= 11 is 0. The fraction of sp³-hybridized carbons (Fsp3) is 0.500. The molecule has 108 valence electrons. The third kappa shape index (κ3) is 2.95. The van der Waals surface area contributed by atoms with Crippen LogP contribution in [0.5, 0.6) is 0 Å². The van der Waals surface area contributed by atoms with Gasteiger partial charge in [-0.1, -0.05) is 0 Å². The van der Waals surface area contributed by atoms with E-state index in [0.29, 0.717) is 13.0 Å². The Labute approximate surface area is 116 Å². The molecular weight excluding hydrogens is 263 g/mol. The van der Waals surface area contributed by atoms with Crippen molar-refractivity contribution >= 4 is 11.9 Å². The Morgan fingerprint density at radius 2 is 2.30 bits per heavy atom. The number of carbonyl (C=O) groups is 2. The van der Waals surface area contributed by atoms with E-state index < -0.39 is 23.9 Å². The first kappa shape index (κ1) is 14.4. The molecule has 1 aromatic rings. The van der Waals surface area contributed by atoms with Crippen molar-refractivity contribution in [2.45, 2.75) is 32.2 Å². The molecule has 0 N–H and O–H groups in total. The first-order chi connectivity index (χ1) is 9.65. The minimum atomic E-state index is -0.814. The van der Waals surface area contributed by atoms with Crippen LogP contribution in [-0.4, -0.2) is 41.0 Å². The zero-order valence-corrected chi connectivity index (χ0v) is 11.3. The third-order valence-corrected chi connectivity index (χ3v) is 3.31. The molecule has 0 spiro atoms. The number of carbonyl (C=O) groups excluding carboxylic acids is 2. The van der Waals surface area contributed by atoms with E-state index in [1.54, 1.807) is 6.92 Å². The second-order valence-corrected chi connectivity index (χ2v) is 4.60. The van der Waals surface area contributed by atoms with Gasteiger partial charge in [-0.3, -0.25) is 4.79 Å².